The number of thiazole rings is 1. The number of methoxy groups -OCH3 is 1. The summed E-state index contributed by atoms with van der Waals surface area (Å²) in [6, 6.07) is 4.68. The molecule has 2 nitrogen and oxygen atoms in total. The smallest absolute Gasteiger partial charge is 0.273 e. The number of rotatable bonds is 2. The number of halogens is 1. The Hall–Kier alpha value is -1.42. The highest BCUT2D eigenvalue weighted by molar-refractivity contribution is 7.11. The van der Waals surface area contributed by atoms with Crippen LogP contribution in [0, 0.1) is 12.7 Å². The molecule has 0 atom stereocenters. The first-order valence-electron chi connectivity index (χ1n) is 4.47. The number of hydrogen-bond donors (Lipinski definition) is 0. The lowest BCUT2D eigenvalue weighted by atomic mass is 10.1. The third-order valence-corrected chi connectivity index (χ3v) is 2.93. The molecule has 1 heterocycles. The largest absolute Gasteiger partial charge is 0.473 e. The first-order valence-corrected chi connectivity index (χ1v) is 5.34. The van der Waals surface area contributed by atoms with Crippen LogP contribution < -0.4 is 4.74 Å². The van der Waals surface area contributed by atoms with Crippen molar-refractivity contribution in [2.45, 2.75) is 6.92 Å². The average Bonchev–Trinajstić information content (AvgIpc) is 2.70. The van der Waals surface area contributed by atoms with Crippen molar-refractivity contribution in [2.75, 3.05) is 7.11 Å². The summed E-state index contributed by atoms with van der Waals surface area (Å²) >= 11 is 1.40. The van der Waals surface area contributed by atoms with Gasteiger partial charge in [-0.1, -0.05) is 17.4 Å². The summed E-state index contributed by atoms with van der Waals surface area (Å²) in [6.07, 6.45) is 0. The zero-order valence-electron chi connectivity index (χ0n) is 8.45. The number of ether oxygens (including phenoxy) is 1. The number of aromatic nitrogens is 1. The Labute approximate surface area is 91.4 Å². The predicted octanol–water partition coefficient (Wildman–Crippen LogP) is 3.27. The molecule has 0 aliphatic carbocycles. The topological polar surface area (TPSA) is 22.1 Å². The van der Waals surface area contributed by atoms with Crippen LogP contribution in [0.2, 0.25) is 0 Å². The highest BCUT2D eigenvalue weighted by Gasteiger charge is 2.08. The Morgan fingerprint density at radius 3 is 2.87 bits per heavy atom. The van der Waals surface area contributed by atoms with E-state index in [-0.39, 0.29) is 5.82 Å². The lowest BCUT2D eigenvalue weighted by Gasteiger charge is -2.01. The maximum atomic E-state index is 13.1. The maximum absolute atomic E-state index is 13.1. The minimum absolute atomic E-state index is 0.248. The zero-order chi connectivity index (χ0) is 10.8. The van der Waals surface area contributed by atoms with Gasteiger partial charge in [-0.05, 0) is 24.6 Å². The standard InChI is InChI=1S/C11H10FNOS/c1-7-3-4-8(12)5-9(7)10-6-15-11(13-10)14-2/h3-6H,1-2H3. The van der Waals surface area contributed by atoms with Crippen LogP contribution in [0.3, 0.4) is 0 Å². The molecule has 0 saturated carbocycles. The fourth-order valence-corrected chi connectivity index (χ4v) is 1.98. The Bertz CT molecular complexity index is 481. The van der Waals surface area contributed by atoms with Gasteiger partial charge in [0.25, 0.3) is 5.19 Å². The van der Waals surface area contributed by atoms with Gasteiger partial charge in [0, 0.05) is 10.9 Å². The fourth-order valence-electron chi connectivity index (χ4n) is 1.34. The molecule has 4 heteroatoms. The highest BCUT2D eigenvalue weighted by atomic mass is 32.1. The normalized spacial score (nSPS) is 10.3. The Morgan fingerprint density at radius 1 is 1.40 bits per heavy atom. The molecular formula is C11H10FNOS. The van der Waals surface area contributed by atoms with Gasteiger partial charge in [-0.3, -0.25) is 0 Å². The van der Waals surface area contributed by atoms with Crippen molar-refractivity contribution in [3.8, 4) is 16.5 Å². The van der Waals surface area contributed by atoms with Crippen LogP contribution in [0.5, 0.6) is 5.19 Å². The molecule has 78 valence electrons. The van der Waals surface area contributed by atoms with Crippen LogP contribution in [0.15, 0.2) is 23.6 Å². The Morgan fingerprint density at radius 2 is 2.20 bits per heavy atom. The first-order chi connectivity index (χ1) is 7.20. The second kappa shape index (κ2) is 3.98. The van der Waals surface area contributed by atoms with Gasteiger partial charge in [0.15, 0.2) is 0 Å². The zero-order valence-corrected chi connectivity index (χ0v) is 9.27. The molecule has 0 aliphatic heterocycles. The van der Waals surface area contributed by atoms with Crippen molar-refractivity contribution in [3.63, 3.8) is 0 Å². The van der Waals surface area contributed by atoms with Crippen LogP contribution in [-0.2, 0) is 0 Å². The van der Waals surface area contributed by atoms with E-state index in [0.717, 1.165) is 16.8 Å². The second-order valence-electron chi connectivity index (χ2n) is 3.16. The number of hydrogen-bond acceptors (Lipinski definition) is 3. The average molecular weight is 223 g/mol. The molecule has 0 aliphatic rings. The van der Waals surface area contributed by atoms with E-state index >= 15 is 0 Å². The Kier molecular flexibility index (Phi) is 2.68. The van der Waals surface area contributed by atoms with Gasteiger partial charge in [0.05, 0.1) is 12.8 Å². The molecule has 2 aromatic rings. The third-order valence-electron chi connectivity index (χ3n) is 2.13. The van der Waals surface area contributed by atoms with Crippen LogP contribution >= 0.6 is 11.3 Å². The van der Waals surface area contributed by atoms with Gasteiger partial charge in [-0.2, -0.15) is 0 Å². The van der Waals surface area contributed by atoms with Crippen LogP contribution in [0.4, 0.5) is 4.39 Å². The molecular weight excluding hydrogens is 213 g/mol. The van der Waals surface area contributed by atoms with Crippen LogP contribution in [0.1, 0.15) is 5.56 Å². The van der Waals surface area contributed by atoms with Crippen molar-refractivity contribution >= 4 is 11.3 Å². The number of nitrogens with zero attached hydrogens (tertiary/aromatic N) is 1. The summed E-state index contributed by atoms with van der Waals surface area (Å²) in [7, 11) is 1.57. The van der Waals surface area contributed by atoms with Crippen LogP contribution in [0.25, 0.3) is 11.3 Å². The molecule has 0 N–H and O–H groups in total. The van der Waals surface area contributed by atoms with Crippen molar-refractivity contribution < 1.29 is 9.13 Å². The number of benzene rings is 1. The minimum atomic E-state index is -0.248. The van der Waals surface area contributed by atoms with E-state index in [0.29, 0.717) is 5.19 Å². The van der Waals surface area contributed by atoms with Gasteiger partial charge in [-0.15, -0.1) is 0 Å². The van der Waals surface area contributed by atoms with E-state index in [1.165, 1.54) is 23.5 Å². The lowest BCUT2D eigenvalue weighted by molar-refractivity contribution is 0.412. The van der Waals surface area contributed by atoms with Gasteiger partial charge in [0.1, 0.15) is 5.82 Å². The summed E-state index contributed by atoms with van der Waals surface area (Å²) in [5.74, 6) is -0.248. The summed E-state index contributed by atoms with van der Waals surface area (Å²) in [6.45, 7) is 1.93. The van der Waals surface area contributed by atoms with E-state index < -0.39 is 0 Å². The third kappa shape index (κ3) is 1.99. The monoisotopic (exact) mass is 223 g/mol. The molecule has 0 unspecified atom stereocenters. The van der Waals surface area contributed by atoms with Gasteiger partial charge in [-0.25, -0.2) is 9.37 Å². The quantitative estimate of drug-likeness (QED) is 0.779. The fraction of sp³-hybridized carbons (Fsp3) is 0.182. The Balaban J connectivity index is 2.48. The number of aryl methyl sites for hydroxylation is 1. The molecule has 0 bridgehead atoms. The first kappa shape index (κ1) is 10.1. The van der Waals surface area contributed by atoms with E-state index in [4.69, 9.17) is 4.74 Å². The molecule has 0 fully saturated rings. The van der Waals surface area contributed by atoms with E-state index in [1.54, 1.807) is 13.2 Å². The SMILES string of the molecule is COc1nc(-c2cc(F)ccc2C)cs1. The highest BCUT2D eigenvalue weighted by Crippen LogP contribution is 2.28. The molecule has 0 radical (unpaired) electrons. The van der Waals surface area contributed by atoms with E-state index in [2.05, 4.69) is 4.98 Å². The van der Waals surface area contributed by atoms with Crippen molar-refractivity contribution in [1.29, 1.82) is 0 Å². The molecule has 1 aromatic carbocycles. The molecule has 1 aromatic heterocycles. The van der Waals surface area contributed by atoms with Gasteiger partial charge in [0.2, 0.25) is 0 Å². The summed E-state index contributed by atoms with van der Waals surface area (Å²) in [5, 5.41) is 2.45. The second-order valence-corrected chi connectivity index (χ2v) is 3.98. The summed E-state index contributed by atoms with van der Waals surface area (Å²) in [5.41, 5.74) is 2.58. The molecule has 2 rings (SSSR count). The van der Waals surface area contributed by atoms with E-state index in [9.17, 15) is 4.39 Å². The molecule has 0 amide bonds. The maximum Gasteiger partial charge on any atom is 0.273 e. The van der Waals surface area contributed by atoms with E-state index in [1.807, 2.05) is 12.3 Å². The minimum Gasteiger partial charge on any atom is -0.473 e. The summed E-state index contributed by atoms with van der Waals surface area (Å²) < 4.78 is 18.1. The van der Waals surface area contributed by atoms with Crippen molar-refractivity contribution in [3.05, 3.63) is 35.0 Å². The van der Waals surface area contributed by atoms with Gasteiger partial charge < -0.3 is 4.74 Å². The van der Waals surface area contributed by atoms with Gasteiger partial charge >= 0.3 is 0 Å². The molecule has 0 spiro atoms. The van der Waals surface area contributed by atoms with Crippen molar-refractivity contribution in [1.82, 2.24) is 4.98 Å². The molecule has 0 saturated heterocycles. The van der Waals surface area contributed by atoms with Crippen molar-refractivity contribution in [2.24, 2.45) is 0 Å². The van der Waals surface area contributed by atoms with Crippen LogP contribution in [-0.4, -0.2) is 12.1 Å². The molecule has 15 heavy (non-hydrogen) atoms. The lowest BCUT2D eigenvalue weighted by Crippen LogP contribution is -1.86. The summed E-state index contributed by atoms with van der Waals surface area (Å²) in [4.78, 5) is 4.23. The predicted molar refractivity (Wildman–Crippen MR) is 58.8 cm³/mol.